The maximum absolute atomic E-state index is 12.0. The SMILES string of the molecule is COC(=O)C(C(=O)N1CCCC1)C(C)C. The Bertz CT molecular complexity index is 244. The van der Waals surface area contributed by atoms with Gasteiger partial charge in [0.25, 0.3) is 0 Å². The molecule has 4 heteroatoms. The summed E-state index contributed by atoms with van der Waals surface area (Å²) in [4.78, 5) is 25.3. The molecule has 0 aromatic carbocycles. The van der Waals surface area contributed by atoms with Crippen molar-refractivity contribution in [3.8, 4) is 0 Å². The van der Waals surface area contributed by atoms with Crippen molar-refractivity contribution >= 4 is 11.9 Å². The van der Waals surface area contributed by atoms with Crippen molar-refractivity contribution in [3.63, 3.8) is 0 Å². The van der Waals surface area contributed by atoms with Gasteiger partial charge in [-0.2, -0.15) is 0 Å². The molecule has 0 N–H and O–H groups in total. The first-order chi connectivity index (χ1) is 7.07. The molecule has 0 aliphatic carbocycles. The van der Waals surface area contributed by atoms with Gasteiger partial charge in [-0.05, 0) is 18.8 Å². The minimum Gasteiger partial charge on any atom is -0.468 e. The van der Waals surface area contributed by atoms with Gasteiger partial charge < -0.3 is 9.64 Å². The van der Waals surface area contributed by atoms with Gasteiger partial charge in [0.1, 0.15) is 5.92 Å². The van der Waals surface area contributed by atoms with Crippen LogP contribution < -0.4 is 0 Å². The lowest BCUT2D eigenvalue weighted by molar-refractivity contribution is -0.155. The maximum atomic E-state index is 12.0. The van der Waals surface area contributed by atoms with Crippen LogP contribution in [0.15, 0.2) is 0 Å². The zero-order chi connectivity index (χ0) is 11.4. The van der Waals surface area contributed by atoms with E-state index < -0.39 is 11.9 Å². The van der Waals surface area contributed by atoms with Crippen molar-refractivity contribution in [3.05, 3.63) is 0 Å². The first-order valence-electron chi connectivity index (χ1n) is 5.44. The summed E-state index contributed by atoms with van der Waals surface area (Å²) in [7, 11) is 1.33. The van der Waals surface area contributed by atoms with E-state index in [4.69, 9.17) is 0 Å². The lowest BCUT2D eigenvalue weighted by Gasteiger charge is -2.23. The van der Waals surface area contributed by atoms with Crippen molar-refractivity contribution in [1.29, 1.82) is 0 Å². The molecule has 0 aromatic heterocycles. The Morgan fingerprint density at radius 1 is 1.20 bits per heavy atom. The van der Waals surface area contributed by atoms with Gasteiger partial charge in [0.15, 0.2) is 0 Å². The summed E-state index contributed by atoms with van der Waals surface area (Å²) in [6.07, 6.45) is 2.08. The van der Waals surface area contributed by atoms with Crippen LogP contribution in [0.25, 0.3) is 0 Å². The molecule has 0 aromatic rings. The highest BCUT2D eigenvalue weighted by atomic mass is 16.5. The van der Waals surface area contributed by atoms with E-state index in [2.05, 4.69) is 4.74 Å². The molecule has 0 spiro atoms. The average Bonchev–Trinajstić information content (AvgIpc) is 2.69. The van der Waals surface area contributed by atoms with Gasteiger partial charge in [0, 0.05) is 13.1 Å². The number of rotatable bonds is 3. The molecule has 4 nitrogen and oxygen atoms in total. The van der Waals surface area contributed by atoms with Crippen LogP contribution in [0.5, 0.6) is 0 Å². The Labute approximate surface area is 90.6 Å². The van der Waals surface area contributed by atoms with E-state index in [1.165, 1.54) is 7.11 Å². The number of nitrogens with zero attached hydrogens (tertiary/aromatic N) is 1. The second kappa shape index (κ2) is 5.14. The summed E-state index contributed by atoms with van der Waals surface area (Å²) >= 11 is 0. The molecular formula is C11H19NO3. The molecule has 0 saturated carbocycles. The molecule has 1 rings (SSSR count). The number of likely N-dealkylation sites (tertiary alicyclic amines) is 1. The molecule has 1 amide bonds. The van der Waals surface area contributed by atoms with Gasteiger partial charge in [-0.1, -0.05) is 13.8 Å². The molecule has 1 saturated heterocycles. The van der Waals surface area contributed by atoms with Crippen LogP contribution in [-0.2, 0) is 14.3 Å². The van der Waals surface area contributed by atoms with Crippen molar-refractivity contribution in [2.75, 3.05) is 20.2 Å². The van der Waals surface area contributed by atoms with E-state index in [0.717, 1.165) is 25.9 Å². The first-order valence-corrected chi connectivity index (χ1v) is 5.44. The molecule has 1 heterocycles. The number of carbonyl (C=O) groups is 2. The lowest BCUT2D eigenvalue weighted by Crippen LogP contribution is -2.40. The monoisotopic (exact) mass is 213 g/mol. The smallest absolute Gasteiger partial charge is 0.318 e. The lowest BCUT2D eigenvalue weighted by atomic mass is 9.94. The number of ether oxygens (including phenoxy) is 1. The summed E-state index contributed by atoms with van der Waals surface area (Å²) in [5, 5.41) is 0. The molecule has 1 aliphatic heterocycles. The van der Waals surface area contributed by atoms with E-state index >= 15 is 0 Å². The van der Waals surface area contributed by atoms with Crippen molar-refractivity contribution in [2.45, 2.75) is 26.7 Å². The Morgan fingerprint density at radius 3 is 2.13 bits per heavy atom. The van der Waals surface area contributed by atoms with Crippen LogP contribution in [0.4, 0.5) is 0 Å². The number of carbonyl (C=O) groups excluding carboxylic acids is 2. The summed E-state index contributed by atoms with van der Waals surface area (Å²) in [5.74, 6) is -1.13. The van der Waals surface area contributed by atoms with E-state index in [0.29, 0.717) is 0 Å². The Kier molecular flexibility index (Phi) is 4.12. The number of esters is 1. The predicted molar refractivity (Wildman–Crippen MR) is 56.2 cm³/mol. The molecule has 1 unspecified atom stereocenters. The quantitative estimate of drug-likeness (QED) is 0.520. The normalized spacial score (nSPS) is 18.0. The van der Waals surface area contributed by atoms with E-state index in [9.17, 15) is 9.59 Å². The third-order valence-corrected chi connectivity index (χ3v) is 2.81. The zero-order valence-corrected chi connectivity index (χ0v) is 9.66. The standard InChI is InChI=1S/C11H19NO3/c1-8(2)9(11(14)15-3)10(13)12-6-4-5-7-12/h8-9H,4-7H2,1-3H3. The van der Waals surface area contributed by atoms with Gasteiger partial charge in [0.05, 0.1) is 7.11 Å². The first kappa shape index (κ1) is 12.0. The number of hydrogen-bond acceptors (Lipinski definition) is 3. The number of hydrogen-bond donors (Lipinski definition) is 0. The predicted octanol–water partition coefficient (Wildman–Crippen LogP) is 1.05. The molecule has 1 fully saturated rings. The highest BCUT2D eigenvalue weighted by Gasteiger charge is 2.34. The molecule has 1 atom stereocenters. The van der Waals surface area contributed by atoms with Crippen LogP contribution in [0.3, 0.4) is 0 Å². The van der Waals surface area contributed by atoms with E-state index in [1.54, 1.807) is 4.90 Å². The number of methoxy groups -OCH3 is 1. The summed E-state index contributed by atoms with van der Waals surface area (Å²) in [6, 6.07) is 0. The summed E-state index contributed by atoms with van der Waals surface area (Å²) < 4.78 is 4.67. The molecule has 0 bridgehead atoms. The molecule has 0 radical (unpaired) electrons. The highest BCUT2D eigenvalue weighted by Crippen LogP contribution is 2.19. The maximum Gasteiger partial charge on any atom is 0.318 e. The van der Waals surface area contributed by atoms with Crippen molar-refractivity contribution < 1.29 is 14.3 Å². The van der Waals surface area contributed by atoms with Gasteiger partial charge in [-0.3, -0.25) is 9.59 Å². The van der Waals surface area contributed by atoms with Crippen molar-refractivity contribution in [2.24, 2.45) is 11.8 Å². The average molecular weight is 213 g/mol. The van der Waals surface area contributed by atoms with Gasteiger partial charge in [-0.15, -0.1) is 0 Å². The van der Waals surface area contributed by atoms with Crippen LogP contribution in [0.2, 0.25) is 0 Å². The topological polar surface area (TPSA) is 46.6 Å². The third kappa shape index (κ3) is 2.70. The summed E-state index contributed by atoms with van der Waals surface area (Å²) in [5.41, 5.74) is 0. The molecule has 15 heavy (non-hydrogen) atoms. The fraction of sp³-hybridized carbons (Fsp3) is 0.818. The zero-order valence-electron chi connectivity index (χ0n) is 9.66. The third-order valence-electron chi connectivity index (χ3n) is 2.81. The van der Waals surface area contributed by atoms with Crippen molar-refractivity contribution in [1.82, 2.24) is 4.90 Å². The molecule has 86 valence electrons. The van der Waals surface area contributed by atoms with Crippen LogP contribution in [0.1, 0.15) is 26.7 Å². The van der Waals surface area contributed by atoms with Gasteiger partial charge in [0.2, 0.25) is 5.91 Å². The second-order valence-electron chi connectivity index (χ2n) is 4.28. The molecule has 1 aliphatic rings. The van der Waals surface area contributed by atoms with Crippen LogP contribution in [0, 0.1) is 11.8 Å². The van der Waals surface area contributed by atoms with Gasteiger partial charge in [-0.25, -0.2) is 0 Å². The van der Waals surface area contributed by atoms with Gasteiger partial charge >= 0.3 is 5.97 Å². The Hall–Kier alpha value is -1.06. The highest BCUT2D eigenvalue weighted by molar-refractivity contribution is 5.98. The Balaban J connectivity index is 2.70. The van der Waals surface area contributed by atoms with Crippen LogP contribution in [-0.4, -0.2) is 37.0 Å². The minimum absolute atomic E-state index is 0.00875. The largest absolute Gasteiger partial charge is 0.468 e. The van der Waals surface area contributed by atoms with Crippen LogP contribution >= 0.6 is 0 Å². The second-order valence-corrected chi connectivity index (χ2v) is 4.28. The number of amides is 1. The Morgan fingerprint density at radius 2 is 1.73 bits per heavy atom. The van der Waals surface area contributed by atoms with E-state index in [1.807, 2.05) is 13.8 Å². The fourth-order valence-electron chi connectivity index (χ4n) is 1.92. The van der Waals surface area contributed by atoms with E-state index in [-0.39, 0.29) is 11.8 Å². The minimum atomic E-state index is -0.631. The fourth-order valence-corrected chi connectivity index (χ4v) is 1.92. The summed E-state index contributed by atoms with van der Waals surface area (Å²) in [6.45, 7) is 5.29. The molecular weight excluding hydrogens is 194 g/mol.